The van der Waals surface area contributed by atoms with Gasteiger partial charge in [-0.1, -0.05) is 30.3 Å². The summed E-state index contributed by atoms with van der Waals surface area (Å²) in [5.41, 5.74) is 6.45. The van der Waals surface area contributed by atoms with Crippen LogP contribution in [0, 0.1) is 5.41 Å². The SMILES string of the molecule is CCOc1ccc2ccccc2c1[C@@H](N)C(C)(C)C(=O)OC.Cl. The van der Waals surface area contributed by atoms with E-state index in [9.17, 15) is 4.79 Å². The van der Waals surface area contributed by atoms with Crippen LogP contribution in [-0.2, 0) is 9.53 Å². The van der Waals surface area contributed by atoms with E-state index in [1.54, 1.807) is 13.8 Å². The average molecular weight is 338 g/mol. The van der Waals surface area contributed by atoms with Crippen LogP contribution in [0.4, 0.5) is 0 Å². The van der Waals surface area contributed by atoms with Crippen LogP contribution in [0.3, 0.4) is 0 Å². The standard InChI is InChI=1S/C18H23NO3.ClH/c1-5-22-14-11-10-12-8-6-7-9-13(12)15(14)16(19)18(2,3)17(20)21-4;/h6-11,16H,5,19H2,1-4H3;1H/t16-;/m1./s1. The minimum Gasteiger partial charge on any atom is -0.494 e. The molecule has 0 saturated carbocycles. The van der Waals surface area contributed by atoms with Gasteiger partial charge in [0, 0.05) is 11.6 Å². The first kappa shape index (κ1) is 19.3. The van der Waals surface area contributed by atoms with E-state index in [0.29, 0.717) is 12.4 Å². The van der Waals surface area contributed by atoms with Crippen molar-refractivity contribution in [3.63, 3.8) is 0 Å². The molecule has 0 heterocycles. The molecule has 0 radical (unpaired) electrons. The minimum atomic E-state index is -0.856. The molecule has 0 aliphatic heterocycles. The third-order valence-electron chi connectivity index (χ3n) is 4.03. The van der Waals surface area contributed by atoms with Gasteiger partial charge < -0.3 is 15.2 Å². The Balaban J connectivity index is 0.00000264. The monoisotopic (exact) mass is 337 g/mol. The normalized spacial score (nSPS) is 12.4. The smallest absolute Gasteiger partial charge is 0.313 e. The van der Waals surface area contributed by atoms with Crippen molar-refractivity contribution in [1.82, 2.24) is 0 Å². The third-order valence-corrected chi connectivity index (χ3v) is 4.03. The zero-order chi connectivity index (χ0) is 16.3. The highest BCUT2D eigenvalue weighted by atomic mass is 35.5. The van der Waals surface area contributed by atoms with Crippen molar-refractivity contribution in [2.75, 3.05) is 13.7 Å². The predicted octanol–water partition coefficient (Wildman–Crippen LogP) is 3.86. The lowest BCUT2D eigenvalue weighted by atomic mass is 9.79. The zero-order valence-corrected chi connectivity index (χ0v) is 14.8. The molecular formula is C18H24ClNO3. The van der Waals surface area contributed by atoms with E-state index in [1.807, 2.05) is 43.3 Å². The molecule has 0 aliphatic carbocycles. The summed E-state index contributed by atoms with van der Waals surface area (Å²) in [6.45, 7) is 6.05. The molecule has 0 fully saturated rings. The summed E-state index contributed by atoms with van der Waals surface area (Å²) in [5, 5.41) is 2.06. The van der Waals surface area contributed by atoms with E-state index >= 15 is 0 Å². The number of benzene rings is 2. The molecule has 0 bridgehead atoms. The van der Waals surface area contributed by atoms with Crippen molar-refractivity contribution in [3.8, 4) is 5.75 Å². The molecule has 0 saturated heterocycles. The number of fused-ring (bicyclic) bond motifs is 1. The zero-order valence-electron chi connectivity index (χ0n) is 14.0. The van der Waals surface area contributed by atoms with E-state index in [1.165, 1.54) is 7.11 Å². The Morgan fingerprint density at radius 1 is 1.22 bits per heavy atom. The molecule has 2 rings (SSSR count). The molecule has 2 aromatic rings. The quantitative estimate of drug-likeness (QED) is 0.841. The first-order valence-corrected chi connectivity index (χ1v) is 7.42. The molecule has 2 N–H and O–H groups in total. The highest BCUT2D eigenvalue weighted by Gasteiger charge is 2.38. The lowest BCUT2D eigenvalue weighted by molar-refractivity contribution is -0.152. The number of carbonyl (C=O) groups is 1. The molecule has 0 aromatic heterocycles. The van der Waals surface area contributed by atoms with Crippen LogP contribution in [0.1, 0.15) is 32.4 Å². The van der Waals surface area contributed by atoms with Crippen molar-refractivity contribution in [2.45, 2.75) is 26.8 Å². The molecule has 4 nitrogen and oxygen atoms in total. The van der Waals surface area contributed by atoms with Crippen LogP contribution in [0.5, 0.6) is 5.75 Å². The predicted molar refractivity (Wildman–Crippen MR) is 95.1 cm³/mol. The minimum absolute atomic E-state index is 0. The van der Waals surface area contributed by atoms with E-state index in [-0.39, 0.29) is 18.4 Å². The van der Waals surface area contributed by atoms with Gasteiger partial charge in [-0.05, 0) is 37.6 Å². The Kier molecular flexibility index (Phi) is 6.42. The summed E-state index contributed by atoms with van der Waals surface area (Å²) in [5.74, 6) is 0.376. The number of nitrogens with two attached hydrogens (primary N) is 1. The maximum absolute atomic E-state index is 12.1. The molecule has 5 heteroatoms. The largest absolute Gasteiger partial charge is 0.494 e. The fraction of sp³-hybridized carbons (Fsp3) is 0.389. The summed E-state index contributed by atoms with van der Waals surface area (Å²) in [6, 6.07) is 11.3. The summed E-state index contributed by atoms with van der Waals surface area (Å²) in [4.78, 5) is 12.1. The maximum atomic E-state index is 12.1. The molecule has 0 amide bonds. The topological polar surface area (TPSA) is 61.5 Å². The number of esters is 1. The van der Waals surface area contributed by atoms with E-state index < -0.39 is 11.5 Å². The third kappa shape index (κ3) is 3.59. The van der Waals surface area contributed by atoms with Crippen molar-refractivity contribution < 1.29 is 14.3 Å². The van der Waals surface area contributed by atoms with Crippen molar-refractivity contribution in [2.24, 2.45) is 11.1 Å². The summed E-state index contributed by atoms with van der Waals surface area (Å²) in [7, 11) is 1.38. The second-order valence-electron chi connectivity index (χ2n) is 5.82. The van der Waals surface area contributed by atoms with Crippen LogP contribution < -0.4 is 10.5 Å². The maximum Gasteiger partial charge on any atom is 0.313 e. The van der Waals surface area contributed by atoms with Gasteiger partial charge in [-0.3, -0.25) is 4.79 Å². The number of methoxy groups -OCH3 is 1. The molecule has 126 valence electrons. The molecule has 2 aromatic carbocycles. The Labute approximate surface area is 143 Å². The summed E-state index contributed by atoms with van der Waals surface area (Å²) in [6.07, 6.45) is 0. The Morgan fingerprint density at radius 3 is 2.48 bits per heavy atom. The van der Waals surface area contributed by atoms with Gasteiger partial charge in [0.2, 0.25) is 0 Å². The number of halogens is 1. The van der Waals surface area contributed by atoms with Crippen LogP contribution >= 0.6 is 12.4 Å². The van der Waals surface area contributed by atoms with Crippen LogP contribution in [-0.4, -0.2) is 19.7 Å². The van der Waals surface area contributed by atoms with Gasteiger partial charge in [0.25, 0.3) is 0 Å². The lowest BCUT2D eigenvalue weighted by Crippen LogP contribution is -2.37. The van der Waals surface area contributed by atoms with E-state index in [2.05, 4.69) is 0 Å². The molecule has 23 heavy (non-hydrogen) atoms. The van der Waals surface area contributed by atoms with Gasteiger partial charge in [-0.15, -0.1) is 12.4 Å². The fourth-order valence-electron chi connectivity index (χ4n) is 2.63. The fourth-order valence-corrected chi connectivity index (χ4v) is 2.63. The van der Waals surface area contributed by atoms with Crippen LogP contribution in [0.25, 0.3) is 10.8 Å². The molecule has 0 unspecified atom stereocenters. The number of hydrogen-bond acceptors (Lipinski definition) is 4. The van der Waals surface area contributed by atoms with Gasteiger partial charge in [-0.2, -0.15) is 0 Å². The van der Waals surface area contributed by atoms with Gasteiger partial charge in [0.1, 0.15) is 5.75 Å². The molecular weight excluding hydrogens is 314 g/mol. The highest BCUT2D eigenvalue weighted by Crippen LogP contribution is 2.41. The lowest BCUT2D eigenvalue weighted by Gasteiger charge is -2.31. The van der Waals surface area contributed by atoms with Crippen molar-refractivity contribution >= 4 is 29.1 Å². The van der Waals surface area contributed by atoms with Crippen LogP contribution in [0.15, 0.2) is 36.4 Å². The Morgan fingerprint density at radius 2 is 1.87 bits per heavy atom. The van der Waals surface area contributed by atoms with Crippen molar-refractivity contribution in [1.29, 1.82) is 0 Å². The first-order valence-electron chi connectivity index (χ1n) is 7.42. The highest BCUT2D eigenvalue weighted by molar-refractivity contribution is 5.89. The number of ether oxygens (including phenoxy) is 2. The van der Waals surface area contributed by atoms with Crippen LogP contribution in [0.2, 0.25) is 0 Å². The second-order valence-corrected chi connectivity index (χ2v) is 5.82. The average Bonchev–Trinajstić information content (AvgIpc) is 2.53. The van der Waals surface area contributed by atoms with Gasteiger partial charge in [0.05, 0.1) is 19.1 Å². The van der Waals surface area contributed by atoms with E-state index in [0.717, 1.165) is 16.3 Å². The van der Waals surface area contributed by atoms with Gasteiger partial charge in [-0.25, -0.2) is 0 Å². The second kappa shape index (κ2) is 7.66. The van der Waals surface area contributed by atoms with Gasteiger partial charge >= 0.3 is 5.97 Å². The number of carbonyl (C=O) groups excluding carboxylic acids is 1. The molecule has 1 atom stereocenters. The summed E-state index contributed by atoms with van der Waals surface area (Å²) < 4.78 is 10.7. The number of hydrogen-bond donors (Lipinski definition) is 1. The Bertz CT molecular complexity index is 685. The van der Waals surface area contributed by atoms with Crippen molar-refractivity contribution in [3.05, 3.63) is 42.0 Å². The summed E-state index contributed by atoms with van der Waals surface area (Å²) >= 11 is 0. The van der Waals surface area contributed by atoms with Gasteiger partial charge in [0.15, 0.2) is 0 Å². The molecule has 0 aliphatic rings. The first-order chi connectivity index (χ1) is 10.4. The number of rotatable bonds is 5. The molecule has 0 spiro atoms. The van der Waals surface area contributed by atoms with E-state index in [4.69, 9.17) is 15.2 Å². The Hall–Kier alpha value is -1.78.